The highest BCUT2D eigenvalue weighted by atomic mass is 32.1. The Morgan fingerprint density at radius 1 is 1.30 bits per heavy atom. The summed E-state index contributed by atoms with van der Waals surface area (Å²) < 4.78 is 0. The zero-order chi connectivity index (χ0) is 14.4. The number of carbonyl (C=O) groups is 1. The molecule has 1 heterocycles. The van der Waals surface area contributed by atoms with Crippen molar-refractivity contribution in [2.24, 2.45) is 0 Å². The smallest absolute Gasteiger partial charge is 0.244 e. The molecule has 1 amide bonds. The highest BCUT2D eigenvalue weighted by Crippen LogP contribution is 2.16. The van der Waals surface area contributed by atoms with Crippen molar-refractivity contribution in [1.29, 1.82) is 0 Å². The van der Waals surface area contributed by atoms with E-state index in [1.54, 1.807) is 17.4 Å². The lowest BCUT2D eigenvalue weighted by molar-refractivity contribution is -0.116. The van der Waals surface area contributed by atoms with Gasteiger partial charge >= 0.3 is 0 Å². The zero-order valence-corrected chi connectivity index (χ0v) is 12.2. The third-order valence-electron chi connectivity index (χ3n) is 2.84. The van der Waals surface area contributed by atoms with Gasteiger partial charge in [-0.2, -0.15) is 0 Å². The van der Waals surface area contributed by atoms with Gasteiger partial charge in [-0.1, -0.05) is 19.1 Å². The van der Waals surface area contributed by atoms with Gasteiger partial charge in [0.15, 0.2) is 0 Å². The molecule has 0 unspecified atom stereocenters. The van der Waals surface area contributed by atoms with Gasteiger partial charge in [0, 0.05) is 21.5 Å². The number of anilines is 1. The first-order chi connectivity index (χ1) is 9.67. The van der Waals surface area contributed by atoms with Crippen LogP contribution in [0.4, 0.5) is 5.69 Å². The predicted octanol–water partition coefficient (Wildman–Crippen LogP) is 3.22. The Morgan fingerprint density at radius 2 is 2.10 bits per heavy atom. The Balaban J connectivity index is 1.86. The van der Waals surface area contributed by atoms with Crippen LogP contribution in [0.15, 0.2) is 42.5 Å². The minimum atomic E-state index is -0.0983. The molecule has 0 saturated carbocycles. The van der Waals surface area contributed by atoms with E-state index in [1.807, 2.05) is 24.3 Å². The molecule has 0 saturated heterocycles. The second-order valence-electron chi connectivity index (χ2n) is 4.44. The van der Waals surface area contributed by atoms with Crippen LogP contribution in [0.25, 0.3) is 6.08 Å². The summed E-state index contributed by atoms with van der Waals surface area (Å²) in [6.45, 7) is 2.70. The molecule has 0 spiro atoms. The molecule has 0 bridgehead atoms. The number of hydrogen-bond donors (Lipinski definition) is 2. The number of carbonyl (C=O) groups excluding carboxylic acids is 1. The lowest BCUT2D eigenvalue weighted by Crippen LogP contribution is -2.19. The summed E-state index contributed by atoms with van der Waals surface area (Å²) >= 11 is 1.74. The van der Waals surface area contributed by atoms with Crippen LogP contribution in [-0.4, -0.2) is 5.91 Å². The van der Waals surface area contributed by atoms with Crippen molar-refractivity contribution >= 4 is 29.0 Å². The molecule has 1 aromatic heterocycles. The van der Waals surface area contributed by atoms with E-state index in [4.69, 9.17) is 5.73 Å². The fraction of sp³-hybridized carbons (Fsp3) is 0.188. The molecule has 2 aromatic rings. The Kier molecular flexibility index (Phi) is 4.96. The van der Waals surface area contributed by atoms with Gasteiger partial charge in [0.25, 0.3) is 0 Å². The third-order valence-corrected chi connectivity index (χ3v) is 4.07. The molecule has 1 aromatic carbocycles. The largest absolute Gasteiger partial charge is 0.399 e. The van der Waals surface area contributed by atoms with Gasteiger partial charge in [-0.25, -0.2) is 0 Å². The van der Waals surface area contributed by atoms with Crippen LogP contribution in [0.1, 0.15) is 22.2 Å². The minimum Gasteiger partial charge on any atom is -0.399 e. The van der Waals surface area contributed by atoms with Crippen molar-refractivity contribution in [1.82, 2.24) is 5.32 Å². The van der Waals surface area contributed by atoms with Crippen LogP contribution < -0.4 is 11.1 Å². The van der Waals surface area contributed by atoms with Crippen molar-refractivity contribution in [2.75, 3.05) is 5.73 Å². The van der Waals surface area contributed by atoms with E-state index in [1.165, 1.54) is 15.8 Å². The van der Waals surface area contributed by atoms with E-state index in [0.29, 0.717) is 12.2 Å². The molecule has 4 heteroatoms. The van der Waals surface area contributed by atoms with E-state index in [2.05, 4.69) is 24.4 Å². The van der Waals surface area contributed by atoms with Crippen molar-refractivity contribution in [3.05, 3.63) is 57.8 Å². The van der Waals surface area contributed by atoms with E-state index < -0.39 is 0 Å². The summed E-state index contributed by atoms with van der Waals surface area (Å²) in [5, 5.41) is 2.87. The molecule has 104 valence electrons. The standard InChI is InChI=1S/C16H18N2OS/c1-2-14-7-8-15(20-14)11-18-16(19)9-6-12-4-3-5-13(17)10-12/h3-10H,2,11,17H2,1H3,(H,18,19)/b9-6+. The predicted molar refractivity (Wildman–Crippen MR) is 85.4 cm³/mol. The Morgan fingerprint density at radius 3 is 2.80 bits per heavy atom. The van der Waals surface area contributed by atoms with Crippen molar-refractivity contribution in [2.45, 2.75) is 19.9 Å². The van der Waals surface area contributed by atoms with Gasteiger partial charge in [-0.3, -0.25) is 4.79 Å². The molecule has 0 atom stereocenters. The number of thiophene rings is 1. The first kappa shape index (κ1) is 14.3. The van der Waals surface area contributed by atoms with Gasteiger partial charge in [0.1, 0.15) is 0 Å². The summed E-state index contributed by atoms with van der Waals surface area (Å²) in [6.07, 6.45) is 4.33. The quantitative estimate of drug-likeness (QED) is 0.655. The van der Waals surface area contributed by atoms with Crippen LogP contribution in [0.2, 0.25) is 0 Å². The minimum absolute atomic E-state index is 0.0983. The van der Waals surface area contributed by atoms with Crippen LogP contribution in [-0.2, 0) is 17.8 Å². The lowest BCUT2D eigenvalue weighted by atomic mass is 10.2. The molecule has 0 fully saturated rings. The maximum Gasteiger partial charge on any atom is 0.244 e. The number of aryl methyl sites for hydroxylation is 1. The van der Waals surface area contributed by atoms with Crippen LogP contribution in [0.3, 0.4) is 0 Å². The molecule has 0 aliphatic heterocycles. The van der Waals surface area contributed by atoms with Gasteiger partial charge < -0.3 is 11.1 Å². The van der Waals surface area contributed by atoms with E-state index in [-0.39, 0.29) is 5.91 Å². The van der Waals surface area contributed by atoms with Crippen LogP contribution in [0, 0.1) is 0 Å². The first-order valence-electron chi connectivity index (χ1n) is 6.56. The summed E-state index contributed by atoms with van der Waals surface area (Å²) in [4.78, 5) is 14.2. The highest BCUT2D eigenvalue weighted by Gasteiger charge is 2.00. The molecule has 0 aliphatic carbocycles. The summed E-state index contributed by atoms with van der Waals surface area (Å²) in [5.41, 5.74) is 7.30. The van der Waals surface area contributed by atoms with E-state index >= 15 is 0 Å². The molecule has 3 nitrogen and oxygen atoms in total. The number of benzene rings is 1. The number of amides is 1. The average Bonchev–Trinajstić information content (AvgIpc) is 2.91. The number of hydrogen-bond acceptors (Lipinski definition) is 3. The zero-order valence-electron chi connectivity index (χ0n) is 11.4. The molecule has 20 heavy (non-hydrogen) atoms. The Bertz CT molecular complexity index is 616. The third kappa shape index (κ3) is 4.24. The molecule has 0 radical (unpaired) electrons. The fourth-order valence-electron chi connectivity index (χ4n) is 1.78. The topological polar surface area (TPSA) is 55.1 Å². The van der Waals surface area contributed by atoms with Crippen molar-refractivity contribution in [3.63, 3.8) is 0 Å². The first-order valence-corrected chi connectivity index (χ1v) is 7.38. The monoisotopic (exact) mass is 286 g/mol. The number of nitrogen functional groups attached to an aromatic ring is 1. The molecular weight excluding hydrogens is 268 g/mol. The summed E-state index contributed by atoms with van der Waals surface area (Å²) in [7, 11) is 0. The molecular formula is C16H18N2OS. The van der Waals surface area contributed by atoms with Crippen LogP contribution >= 0.6 is 11.3 Å². The van der Waals surface area contributed by atoms with Gasteiger partial charge in [0.2, 0.25) is 5.91 Å². The van der Waals surface area contributed by atoms with Crippen molar-refractivity contribution < 1.29 is 4.79 Å². The fourth-order valence-corrected chi connectivity index (χ4v) is 2.67. The molecule has 0 aliphatic rings. The summed E-state index contributed by atoms with van der Waals surface area (Å²) in [5.74, 6) is -0.0983. The van der Waals surface area contributed by atoms with E-state index in [0.717, 1.165) is 12.0 Å². The van der Waals surface area contributed by atoms with Gasteiger partial charge in [-0.15, -0.1) is 11.3 Å². The maximum atomic E-state index is 11.7. The summed E-state index contributed by atoms with van der Waals surface area (Å²) in [6, 6.07) is 11.6. The van der Waals surface area contributed by atoms with Crippen molar-refractivity contribution in [3.8, 4) is 0 Å². The Labute approximate surface area is 123 Å². The maximum absolute atomic E-state index is 11.7. The van der Waals surface area contributed by atoms with E-state index in [9.17, 15) is 4.79 Å². The molecule has 2 rings (SSSR count). The number of nitrogens with two attached hydrogens (primary N) is 1. The number of rotatable bonds is 5. The van der Waals surface area contributed by atoms with Crippen LogP contribution in [0.5, 0.6) is 0 Å². The number of nitrogens with one attached hydrogen (secondary N) is 1. The highest BCUT2D eigenvalue weighted by molar-refractivity contribution is 7.11. The lowest BCUT2D eigenvalue weighted by Gasteiger charge is -1.99. The molecule has 3 N–H and O–H groups in total. The average molecular weight is 286 g/mol. The second-order valence-corrected chi connectivity index (χ2v) is 5.70. The van der Waals surface area contributed by atoms with Gasteiger partial charge in [-0.05, 0) is 42.3 Å². The second kappa shape index (κ2) is 6.91. The van der Waals surface area contributed by atoms with Gasteiger partial charge in [0.05, 0.1) is 6.54 Å². The SMILES string of the molecule is CCc1ccc(CNC(=O)/C=C/c2cccc(N)c2)s1. The Hall–Kier alpha value is -2.07. The normalized spacial score (nSPS) is 10.8.